The van der Waals surface area contributed by atoms with Gasteiger partial charge >= 0.3 is 5.97 Å². The van der Waals surface area contributed by atoms with Crippen molar-refractivity contribution in [3.63, 3.8) is 0 Å². The van der Waals surface area contributed by atoms with E-state index in [0.29, 0.717) is 28.4 Å². The number of carboxylic acids is 1. The van der Waals surface area contributed by atoms with E-state index in [4.69, 9.17) is 19.0 Å². The van der Waals surface area contributed by atoms with Crippen LogP contribution in [0.5, 0.6) is 11.5 Å². The molecular weight excluding hydrogens is 360 g/mol. The number of carboxylic acid groups (broad SMARTS) is 1. The molecule has 0 aliphatic heterocycles. The first-order chi connectivity index (χ1) is 13.5. The first-order valence-corrected chi connectivity index (χ1v) is 8.40. The number of aromatic carboxylic acids is 1. The van der Waals surface area contributed by atoms with Crippen LogP contribution in [0.3, 0.4) is 0 Å². The second-order valence-electron chi connectivity index (χ2n) is 5.83. The Morgan fingerprint density at radius 2 is 1.71 bits per heavy atom. The Bertz CT molecular complexity index is 1030. The standard InChI is InChI=1S/C22H18O6/c1-26-19-5-3-4-16(21(19)27-2)10-11-17(23)14-6-8-15(9-7-14)18-12-13-20(28-18)22(24)25/h3-13H,1-2H3,(H,24,25)/b11-10+. The number of ketones is 1. The van der Waals surface area contributed by atoms with Crippen molar-refractivity contribution >= 4 is 17.8 Å². The van der Waals surface area contributed by atoms with Crippen molar-refractivity contribution in [2.45, 2.75) is 0 Å². The van der Waals surface area contributed by atoms with Crippen molar-refractivity contribution in [2.24, 2.45) is 0 Å². The zero-order chi connectivity index (χ0) is 20.1. The van der Waals surface area contributed by atoms with Gasteiger partial charge in [0.2, 0.25) is 5.76 Å². The normalized spacial score (nSPS) is 10.8. The molecule has 28 heavy (non-hydrogen) atoms. The van der Waals surface area contributed by atoms with Crippen LogP contribution in [-0.4, -0.2) is 31.1 Å². The summed E-state index contributed by atoms with van der Waals surface area (Å²) in [5, 5.41) is 8.92. The van der Waals surface area contributed by atoms with Crippen molar-refractivity contribution < 1.29 is 28.6 Å². The largest absolute Gasteiger partial charge is 0.493 e. The van der Waals surface area contributed by atoms with Gasteiger partial charge in [0.1, 0.15) is 5.76 Å². The molecule has 3 aromatic rings. The second-order valence-corrected chi connectivity index (χ2v) is 5.83. The van der Waals surface area contributed by atoms with Gasteiger partial charge in [0, 0.05) is 16.7 Å². The van der Waals surface area contributed by atoms with E-state index in [1.165, 1.54) is 12.1 Å². The third-order valence-electron chi connectivity index (χ3n) is 4.12. The Morgan fingerprint density at radius 3 is 2.32 bits per heavy atom. The van der Waals surface area contributed by atoms with Crippen LogP contribution in [0.25, 0.3) is 17.4 Å². The smallest absolute Gasteiger partial charge is 0.371 e. The molecule has 3 rings (SSSR count). The highest BCUT2D eigenvalue weighted by atomic mass is 16.5. The summed E-state index contributed by atoms with van der Waals surface area (Å²) in [5.74, 6) is 0.119. The molecule has 1 aromatic heterocycles. The predicted molar refractivity (Wildman–Crippen MR) is 104 cm³/mol. The van der Waals surface area contributed by atoms with Gasteiger partial charge in [0.05, 0.1) is 14.2 Å². The van der Waals surface area contributed by atoms with E-state index in [1.807, 2.05) is 12.1 Å². The molecule has 0 saturated heterocycles. The molecule has 142 valence electrons. The minimum absolute atomic E-state index is 0.134. The molecule has 0 saturated carbocycles. The number of allylic oxidation sites excluding steroid dienone is 1. The maximum absolute atomic E-state index is 12.5. The van der Waals surface area contributed by atoms with Gasteiger partial charge in [-0.15, -0.1) is 0 Å². The molecule has 6 nitrogen and oxygen atoms in total. The fourth-order valence-corrected chi connectivity index (χ4v) is 2.71. The SMILES string of the molecule is COc1cccc(/C=C/C(=O)c2ccc(-c3ccc(C(=O)O)o3)cc2)c1OC. The van der Waals surface area contributed by atoms with Crippen molar-refractivity contribution in [3.05, 3.63) is 77.6 Å². The molecule has 0 bridgehead atoms. The molecule has 0 radical (unpaired) electrons. The molecule has 2 aromatic carbocycles. The summed E-state index contributed by atoms with van der Waals surface area (Å²) in [6.45, 7) is 0. The van der Waals surface area contributed by atoms with E-state index in [9.17, 15) is 9.59 Å². The Kier molecular flexibility index (Phi) is 5.60. The number of hydrogen-bond donors (Lipinski definition) is 1. The van der Waals surface area contributed by atoms with Gasteiger partial charge in [0.25, 0.3) is 0 Å². The van der Waals surface area contributed by atoms with Crippen molar-refractivity contribution in [1.82, 2.24) is 0 Å². The van der Waals surface area contributed by atoms with Crippen LogP contribution in [-0.2, 0) is 0 Å². The summed E-state index contributed by atoms with van der Waals surface area (Å²) in [6.07, 6.45) is 3.13. The molecule has 0 atom stereocenters. The number of para-hydroxylation sites is 1. The number of methoxy groups -OCH3 is 2. The van der Waals surface area contributed by atoms with E-state index < -0.39 is 5.97 Å². The number of ether oxygens (including phenoxy) is 2. The average molecular weight is 378 g/mol. The molecule has 1 N–H and O–H groups in total. The summed E-state index contributed by atoms with van der Waals surface area (Å²) in [5.41, 5.74) is 1.90. The van der Waals surface area contributed by atoms with Crippen LogP contribution in [0.1, 0.15) is 26.5 Å². The number of carbonyl (C=O) groups excluding carboxylic acids is 1. The van der Waals surface area contributed by atoms with E-state index in [2.05, 4.69) is 0 Å². The minimum atomic E-state index is -1.13. The zero-order valence-electron chi connectivity index (χ0n) is 15.3. The molecule has 0 amide bonds. The first kappa shape index (κ1) is 19.0. The lowest BCUT2D eigenvalue weighted by atomic mass is 10.1. The van der Waals surface area contributed by atoms with E-state index in [0.717, 1.165) is 5.56 Å². The van der Waals surface area contributed by atoms with Gasteiger partial charge in [-0.2, -0.15) is 0 Å². The summed E-state index contributed by atoms with van der Waals surface area (Å²) in [4.78, 5) is 23.4. The van der Waals surface area contributed by atoms with E-state index in [-0.39, 0.29) is 11.5 Å². The van der Waals surface area contributed by atoms with Crippen LogP contribution < -0.4 is 9.47 Å². The third kappa shape index (κ3) is 3.96. The Morgan fingerprint density at radius 1 is 0.964 bits per heavy atom. The van der Waals surface area contributed by atoms with Crippen LogP contribution in [0.4, 0.5) is 0 Å². The van der Waals surface area contributed by atoms with Crippen molar-refractivity contribution in [3.8, 4) is 22.8 Å². The number of carbonyl (C=O) groups is 2. The zero-order valence-corrected chi connectivity index (χ0v) is 15.3. The van der Waals surface area contributed by atoms with E-state index >= 15 is 0 Å². The Balaban J connectivity index is 1.78. The van der Waals surface area contributed by atoms with Gasteiger partial charge in [-0.05, 0) is 30.4 Å². The fourth-order valence-electron chi connectivity index (χ4n) is 2.71. The highest BCUT2D eigenvalue weighted by molar-refractivity contribution is 6.07. The van der Waals surface area contributed by atoms with Gasteiger partial charge < -0.3 is 19.0 Å². The number of furan rings is 1. The quantitative estimate of drug-likeness (QED) is 0.479. The molecule has 0 aliphatic carbocycles. The predicted octanol–water partition coefficient (Wildman–Crippen LogP) is 4.56. The molecule has 0 fully saturated rings. The van der Waals surface area contributed by atoms with Crippen LogP contribution in [0.15, 0.2) is 65.1 Å². The molecular formula is C22H18O6. The summed E-state index contributed by atoms with van der Waals surface area (Å²) < 4.78 is 15.9. The van der Waals surface area contributed by atoms with Gasteiger partial charge in [-0.25, -0.2) is 4.79 Å². The number of hydrogen-bond acceptors (Lipinski definition) is 5. The lowest BCUT2D eigenvalue weighted by Gasteiger charge is -2.09. The van der Waals surface area contributed by atoms with Crippen molar-refractivity contribution in [2.75, 3.05) is 14.2 Å². The first-order valence-electron chi connectivity index (χ1n) is 8.40. The van der Waals surface area contributed by atoms with Gasteiger partial charge in [-0.3, -0.25) is 4.79 Å². The topological polar surface area (TPSA) is 86.0 Å². The van der Waals surface area contributed by atoms with Crippen molar-refractivity contribution in [1.29, 1.82) is 0 Å². The maximum Gasteiger partial charge on any atom is 0.371 e. The van der Waals surface area contributed by atoms with Gasteiger partial charge in [-0.1, -0.05) is 36.4 Å². The monoisotopic (exact) mass is 378 g/mol. The summed E-state index contributed by atoms with van der Waals surface area (Å²) in [7, 11) is 3.09. The van der Waals surface area contributed by atoms with E-state index in [1.54, 1.807) is 56.7 Å². The third-order valence-corrected chi connectivity index (χ3v) is 4.12. The molecule has 0 aliphatic rings. The van der Waals surface area contributed by atoms with Crippen LogP contribution in [0.2, 0.25) is 0 Å². The average Bonchev–Trinajstić information content (AvgIpc) is 3.22. The molecule has 6 heteroatoms. The minimum Gasteiger partial charge on any atom is -0.493 e. The summed E-state index contributed by atoms with van der Waals surface area (Å²) in [6, 6.07) is 15.1. The second kappa shape index (κ2) is 8.26. The van der Waals surface area contributed by atoms with Gasteiger partial charge in [0.15, 0.2) is 17.3 Å². The molecule has 0 spiro atoms. The Hall–Kier alpha value is -3.80. The summed E-state index contributed by atoms with van der Waals surface area (Å²) >= 11 is 0. The lowest BCUT2D eigenvalue weighted by Crippen LogP contribution is -1.95. The van der Waals surface area contributed by atoms with Crippen LogP contribution >= 0.6 is 0 Å². The number of rotatable bonds is 7. The highest BCUT2D eigenvalue weighted by Crippen LogP contribution is 2.31. The molecule has 1 heterocycles. The molecule has 0 unspecified atom stereocenters. The maximum atomic E-state index is 12.5. The lowest BCUT2D eigenvalue weighted by molar-refractivity contribution is 0.0663. The van der Waals surface area contributed by atoms with Crippen LogP contribution in [0, 0.1) is 0 Å². The number of benzene rings is 2. The highest BCUT2D eigenvalue weighted by Gasteiger charge is 2.11. The Labute approximate surface area is 161 Å². The fraction of sp³-hybridized carbons (Fsp3) is 0.0909.